The van der Waals surface area contributed by atoms with Gasteiger partial charge in [-0.25, -0.2) is 0 Å². The fourth-order valence-corrected chi connectivity index (χ4v) is 1.36. The number of hydrogen-bond acceptors (Lipinski definition) is 1. The zero-order valence-corrected chi connectivity index (χ0v) is 7.55. The zero-order valence-electron chi connectivity index (χ0n) is 7.55. The maximum absolute atomic E-state index is 5.29. The van der Waals surface area contributed by atoms with Crippen LogP contribution in [-0.2, 0) is 4.74 Å². The van der Waals surface area contributed by atoms with Crippen LogP contribution in [0.15, 0.2) is 0 Å². The maximum Gasteiger partial charge on any atom is 0.0683 e. The summed E-state index contributed by atoms with van der Waals surface area (Å²) in [5.41, 5.74) is 0. The minimum Gasteiger partial charge on any atom is -0.380 e. The van der Waals surface area contributed by atoms with E-state index in [0.29, 0.717) is 17.9 Å². The van der Waals surface area contributed by atoms with Crippen molar-refractivity contribution in [3.8, 4) is 11.8 Å². The van der Waals surface area contributed by atoms with Gasteiger partial charge in [0.1, 0.15) is 0 Å². The quantitative estimate of drug-likeness (QED) is 0.523. The molecule has 0 saturated heterocycles. The summed E-state index contributed by atoms with van der Waals surface area (Å²) in [6.07, 6.45) is 2.41. The molecule has 0 aromatic carbocycles. The molecule has 3 unspecified atom stereocenters. The van der Waals surface area contributed by atoms with Gasteiger partial charge in [-0.2, -0.15) is 0 Å². The molecular formula is C10H16O. The van der Waals surface area contributed by atoms with Crippen molar-refractivity contribution in [2.45, 2.75) is 32.8 Å². The van der Waals surface area contributed by atoms with E-state index in [-0.39, 0.29) is 0 Å². The molecule has 0 bridgehead atoms. The van der Waals surface area contributed by atoms with Crippen LogP contribution in [0.1, 0.15) is 26.7 Å². The van der Waals surface area contributed by atoms with Crippen molar-refractivity contribution in [1.82, 2.24) is 0 Å². The number of hydrogen-bond donors (Lipinski definition) is 0. The Morgan fingerprint density at radius 1 is 1.36 bits per heavy atom. The van der Waals surface area contributed by atoms with Crippen molar-refractivity contribution in [2.24, 2.45) is 11.8 Å². The molecule has 0 fully saturated rings. The minimum atomic E-state index is 0.363. The largest absolute Gasteiger partial charge is 0.380 e. The molecule has 0 spiro atoms. The second-order valence-electron chi connectivity index (χ2n) is 3.38. The monoisotopic (exact) mass is 152 g/mol. The molecule has 0 N–H and O–H groups in total. The number of ether oxygens (including phenoxy) is 1. The van der Waals surface area contributed by atoms with Crippen LogP contribution in [-0.4, -0.2) is 13.2 Å². The van der Waals surface area contributed by atoms with Gasteiger partial charge in [0, 0.05) is 19.4 Å². The van der Waals surface area contributed by atoms with Crippen molar-refractivity contribution < 1.29 is 4.74 Å². The van der Waals surface area contributed by atoms with E-state index in [0.717, 1.165) is 12.8 Å². The van der Waals surface area contributed by atoms with Gasteiger partial charge >= 0.3 is 0 Å². The second-order valence-corrected chi connectivity index (χ2v) is 3.38. The van der Waals surface area contributed by atoms with Gasteiger partial charge in [-0.3, -0.25) is 0 Å². The molecule has 0 heterocycles. The molecule has 1 aliphatic carbocycles. The van der Waals surface area contributed by atoms with Crippen LogP contribution in [0.4, 0.5) is 0 Å². The highest BCUT2D eigenvalue weighted by atomic mass is 16.5. The molecule has 1 heteroatoms. The highest BCUT2D eigenvalue weighted by molar-refractivity contribution is 5.07. The molecular weight excluding hydrogens is 136 g/mol. The van der Waals surface area contributed by atoms with Crippen LogP contribution >= 0.6 is 0 Å². The molecule has 1 aliphatic rings. The summed E-state index contributed by atoms with van der Waals surface area (Å²) in [5, 5.41) is 0. The molecule has 0 aromatic rings. The fraction of sp³-hybridized carbons (Fsp3) is 0.800. The van der Waals surface area contributed by atoms with Crippen LogP contribution in [0.5, 0.6) is 0 Å². The Morgan fingerprint density at radius 2 is 2.09 bits per heavy atom. The fourth-order valence-electron chi connectivity index (χ4n) is 1.36. The Bertz CT molecular complexity index is 175. The summed E-state index contributed by atoms with van der Waals surface area (Å²) < 4.78 is 5.29. The van der Waals surface area contributed by atoms with Crippen LogP contribution in [0, 0.1) is 23.7 Å². The van der Waals surface area contributed by atoms with E-state index in [1.807, 2.05) is 0 Å². The van der Waals surface area contributed by atoms with E-state index in [9.17, 15) is 0 Å². The highest BCUT2D eigenvalue weighted by Crippen LogP contribution is 2.21. The summed E-state index contributed by atoms with van der Waals surface area (Å²) >= 11 is 0. The van der Waals surface area contributed by atoms with Crippen molar-refractivity contribution in [1.29, 1.82) is 0 Å². The summed E-state index contributed by atoms with van der Waals surface area (Å²) in [6, 6.07) is 0. The van der Waals surface area contributed by atoms with Crippen molar-refractivity contribution in [2.75, 3.05) is 7.11 Å². The lowest BCUT2D eigenvalue weighted by Crippen LogP contribution is -2.15. The first-order valence-corrected chi connectivity index (χ1v) is 4.25. The topological polar surface area (TPSA) is 9.23 Å². The first-order chi connectivity index (χ1) is 5.24. The SMILES string of the molecule is COC1CC#CC(C)C(C)C1. The summed E-state index contributed by atoms with van der Waals surface area (Å²) in [7, 11) is 1.77. The molecule has 0 saturated carbocycles. The molecule has 1 nitrogen and oxygen atoms in total. The molecule has 3 atom stereocenters. The molecule has 0 aromatic heterocycles. The molecule has 0 radical (unpaired) electrons. The first-order valence-electron chi connectivity index (χ1n) is 4.25. The van der Waals surface area contributed by atoms with Gasteiger partial charge in [0.05, 0.1) is 6.10 Å². The molecule has 62 valence electrons. The van der Waals surface area contributed by atoms with Crippen LogP contribution in [0.3, 0.4) is 0 Å². The lowest BCUT2D eigenvalue weighted by atomic mass is 9.93. The van der Waals surface area contributed by atoms with Gasteiger partial charge in [0.25, 0.3) is 0 Å². The standard InChI is InChI=1S/C10H16O/c1-8-5-4-6-10(11-3)7-9(8)2/h8-10H,6-7H2,1-3H3. The highest BCUT2D eigenvalue weighted by Gasteiger charge is 2.18. The third kappa shape index (κ3) is 2.24. The first kappa shape index (κ1) is 8.62. The average molecular weight is 152 g/mol. The van der Waals surface area contributed by atoms with E-state index in [4.69, 9.17) is 4.74 Å². The van der Waals surface area contributed by atoms with Crippen molar-refractivity contribution >= 4 is 0 Å². The van der Waals surface area contributed by atoms with Gasteiger partial charge in [-0.15, -0.1) is 5.92 Å². The van der Waals surface area contributed by atoms with Gasteiger partial charge < -0.3 is 4.74 Å². The van der Waals surface area contributed by atoms with Gasteiger partial charge in [0.15, 0.2) is 0 Å². The van der Waals surface area contributed by atoms with E-state index in [1.165, 1.54) is 0 Å². The van der Waals surface area contributed by atoms with Gasteiger partial charge in [-0.1, -0.05) is 19.8 Å². The predicted octanol–water partition coefficient (Wildman–Crippen LogP) is 2.07. The normalized spacial score (nSPS) is 37.2. The third-order valence-corrected chi connectivity index (χ3v) is 2.48. The number of rotatable bonds is 1. The van der Waals surface area contributed by atoms with Crippen LogP contribution in [0.25, 0.3) is 0 Å². The molecule has 0 aliphatic heterocycles. The molecule has 11 heavy (non-hydrogen) atoms. The summed E-state index contributed by atoms with van der Waals surface area (Å²) in [5.74, 6) is 7.60. The molecule has 1 rings (SSSR count). The van der Waals surface area contributed by atoms with E-state index < -0.39 is 0 Å². The Kier molecular flexibility index (Phi) is 2.96. The van der Waals surface area contributed by atoms with E-state index in [2.05, 4.69) is 25.7 Å². The maximum atomic E-state index is 5.29. The summed E-state index contributed by atoms with van der Waals surface area (Å²) in [6.45, 7) is 4.44. The van der Waals surface area contributed by atoms with Crippen molar-refractivity contribution in [3.05, 3.63) is 0 Å². The van der Waals surface area contributed by atoms with Gasteiger partial charge in [-0.05, 0) is 12.3 Å². The lowest BCUT2D eigenvalue weighted by Gasteiger charge is -2.17. The Hall–Kier alpha value is -0.480. The van der Waals surface area contributed by atoms with Crippen molar-refractivity contribution in [3.63, 3.8) is 0 Å². The Morgan fingerprint density at radius 3 is 2.73 bits per heavy atom. The minimum absolute atomic E-state index is 0.363. The smallest absolute Gasteiger partial charge is 0.0683 e. The summed E-state index contributed by atoms with van der Waals surface area (Å²) in [4.78, 5) is 0. The lowest BCUT2D eigenvalue weighted by molar-refractivity contribution is 0.0841. The Balaban J connectivity index is 2.55. The van der Waals surface area contributed by atoms with Gasteiger partial charge in [0.2, 0.25) is 0 Å². The second kappa shape index (κ2) is 3.78. The number of methoxy groups -OCH3 is 1. The van der Waals surface area contributed by atoms with E-state index >= 15 is 0 Å². The van der Waals surface area contributed by atoms with Crippen LogP contribution < -0.4 is 0 Å². The Labute approximate surface area is 69.1 Å². The predicted molar refractivity (Wildman–Crippen MR) is 46.1 cm³/mol. The zero-order chi connectivity index (χ0) is 8.27. The van der Waals surface area contributed by atoms with Crippen LogP contribution in [0.2, 0.25) is 0 Å². The van der Waals surface area contributed by atoms with E-state index in [1.54, 1.807) is 7.11 Å². The third-order valence-electron chi connectivity index (χ3n) is 2.48. The average Bonchev–Trinajstić information content (AvgIpc) is 2.15. The molecule has 0 amide bonds.